The monoisotopic (exact) mass is 369 g/mol. The van der Waals surface area contributed by atoms with E-state index in [4.69, 9.17) is 5.73 Å². The zero-order valence-corrected chi connectivity index (χ0v) is 14.1. The van der Waals surface area contributed by atoms with Gasteiger partial charge < -0.3 is 16.4 Å². The molecule has 0 aliphatic carbocycles. The summed E-state index contributed by atoms with van der Waals surface area (Å²) in [5, 5.41) is 6.17. The van der Waals surface area contributed by atoms with Crippen LogP contribution in [0.4, 0.5) is 5.69 Å². The lowest BCUT2D eigenvalue weighted by Gasteiger charge is -2.12. The van der Waals surface area contributed by atoms with Gasteiger partial charge in [-0.2, -0.15) is 0 Å². The van der Waals surface area contributed by atoms with Gasteiger partial charge >= 0.3 is 0 Å². The lowest BCUT2D eigenvalue weighted by atomic mass is 10.2. The number of rotatable bonds is 4. The van der Waals surface area contributed by atoms with Gasteiger partial charge in [-0.25, -0.2) is 0 Å². The average Bonchev–Trinajstić information content (AvgIpc) is 2.76. The zero-order valence-electron chi connectivity index (χ0n) is 11.7. The van der Waals surface area contributed by atoms with E-state index in [1.54, 1.807) is 6.92 Å². The van der Waals surface area contributed by atoms with Crippen LogP contribution in [0.25, 0.3) is 10.1 Å². The van der Waals surface area contributed by atoms with Crippen molar-refractivity contribution in [3.63, 3.8) is 0 Å². The highest BCUT2D eigenvalue weighted by Gasteiger charge is 2.20. The first-order valence-electron chi connectivity index (χ1n) is 6.50. The van der Waals surface area contributed by atoms with Crippen LogP contribution in [0.3, 0.4) is 0 Å². The fourth-order valence-electron chi connectivity index (χ4n) is 1.91. The summed E-state index contributed by atoms with van der Waals surface area (Å²) in [7, 11) is 0. The number of anilines is 1. The van der Waals surface area contributed by atoms with E-state index in [2.05, 4.69) is 26.6 Å². The van der Waals surface area contributed by atoms with Crippen molar-refractivity contribution in [2.45, 2.75) is 19.9 Å². The van der Waals surface area contributed by atoms with Crippen LogP contribution < -0.4 is 16.4 Å². The Labute approximate surface area is 135 Å². The first-order valence-corrected chi connectivity index (χ1v) is 8.11. The van der Waals surface area contributed by atoms with E-state index in [1.807, 2.05) is 25.1 Å². The van der Waals surface area contributed by atoms with Crippen LogP contribution in [-0.2, 0) is 4.79 Å². The minimum absolute atomic E-state index is 0.215. The molecule has 5 nitrogen and oxygen atoms in total. The molecule has 2 rings (SSSR count). The van der Waals surface area contributed by atoms with Crippen molar-refractivity contribution in [2.75, 3.05) is 12.3 Å². The van der Waals surface area contributed by atoms with Crippen LogP contribution in [0.15, 0.2) is 22.7 Å². The van der Waals surface area contributed by atoms with Crippen LogP contribution in [0, 0.1) is 0 Å². The van der Waals surface area contributed by atoms with E-state index < -0.39 is 6.04 Å². The number of amides is 2. The van der Waals surface area contributed by atoms with Crippen molar-refractivity contribution in [2.24, 2.45) is 0 Å². The summed E-state index contributed by atoms with van der Waals surface area (Å²) in [6, 6.07) is 5.08. The molecular weight excluding hydrogens is 354 g/mol. The van der Waals surface area contributed by atoms with Crippen LogP contribution in [0.5, 0.6) is 0 Å². The summed E-state index contributed by atoms with van der Waals surface area (Å²) in [5.41, 5.74) is 6.49. The van der Waals surface area contributed by atoms with Gasteiger partial charge in [0.1, 0.15) is 10.9 Å². The Morgan fingerprint density at radius 1 is 1.43 bits per heavy atom. The number of thiophene rings is 1. The van der Waals surface area contributed by atoms with Gasteiger partial charge in [0.05, 0.1) is 5.69 Å². The Bertz CT molecular complexity index is 699. The number of nitrogens with two attached hydrogens (primary N) is 1. The average molecular weight is 370 g/mol. The molecule has 1 aromatic carbocycles. The zero-order chi connectivity index (χ0) is 15.6. The number of carbonyl (C=O) groups is 2. The molecule has 1 atom stereocenters. The predicted molar refractivity (Wildman–Crippen MR) is 89.5 cm³/mol. The molecule has 0 bridgehead atoms. The molecule has 0 saturated carbocycles. The van der Waals surface area contributed by atoms with Gasteiger partial charge in [-0.1, -0.05) is 15.9 Å². The van der Waals surface area contributed by atoms with Crippen LogP contribution >= 0.6 is 27.3 Å². The van der Waals surface area contributed by atoms with Crippen molar-refractivity contribution < 1.29 is 9.59 Å². The second-order valence-corrected chi connectivity index (χ2v) is 6.54. The molecule has 2 aromatic rings. The Hall–Kier alpha value is -1.60. The summed E-state index contributed by atoms with van der Waals surface area (Å²) >= 11 is 4.70. The van der Waals surface area contributed by atoms with E-state index in [0.717, 1.165) is 14.6 Å². The molecule has 0 aliphatic heterocycles. The number of hydrogen-bond acceptors (Lipinski definition) is 4. The van der Waals surface area contributed by atoms with Gasteiger partial charge in [-0.3, -0.25) is 9.59 Å². The Morgan fingerprint density at radius 2 is 2.14 bits per heavy atom. The Balaban J connectivity index is 2.24. The summed E-state index contributed by atoms with van der Waals surface area (Å²) in [6.45, 7) is 4.00. The summed E-state index contributed by atoms with van der Waals surface area (Å²) in [6.07, 6.45) is 0. The molecule has 0 spiro atoms. The number of halogens is 1. The van der Waals surface area contributed by atoms with Gasteiger partial charge in [0.2, 0.25) is 5.91 Å². The lowest BCUT2D eigenvalue weighted by molar-refractivity contribution is -0.122. The molecule has 4 N–H and O–H groups in total. The maximum Gasteiger partial charge on any atom is 0.264 e. The van der Waals surface area contributed by atoms with Crippen LogP contribution in [0.1, 0.15) is 23.5 Å². The van der Waals surface area contributed by atoms with Gasteiger partial charge in [-0.05, 0) is 32.0 Å². The predicted octanol–water partition coefficient (Wildman–Crippen LogP) is 2.50. The first kappa shape index (κ1) is 15.8. The molecule has 1 unspecified atom stereocenters. The third-order valence-corrected chi connectivity index (χ3v) is 4.67. The smallest absolute Gasteiger partial charge is 0.264 e. The molecule has 0 saturated heterocycles. The van der Waals surface area contributed by atoms with E-state index in [1.165, 1.54) is 11.3 Å². The highest BCUT2D eigenvalue weighted by Crippen LogP contribution is 2.35. The Morgan fingerprint density at radius 3 is 2.81 bits per heavy atom. The third kappa shape index (κ3) is 3.36. The van der Waals surface area contributed by atoms with E-state index in [-0.39, 0.29) is 11.8 Å². The molecule has 1 aromatic heterocycles. The van der Waals surface area contributed by atoms with E-state index in [9.17, 15) is 9.59 Å². The maximum absolute atomic E-state index is 12.3. The minimum Gasteiger partial charge on any atom is -0.397 e. The lowest BCUT2D eigenvalue weighted by Crippen LogP contribution is -2.44. The minimum atomic E-state index is -0.603. The molecule has 0 aliphatic rings. The molecule has 112 valence electrons. The highest BCUT2D eigenvalue weighted by atomic mass is 79.9. The van der Waals surface area contributed by atoms with Crippen LogP contribution in [-0.4, -0.2) is 24.4 Å². The van der Waals surface area contributed by atoms with Crippen LogP contribution in [0.2, 0.25) is 0 Å². The maximum atomic E-state index is 12.3. The third-order valence-electron chi connectivity index (χ3n) is 2.99. The molecule has 0 fully saturated rings. The number of nitrogens with one attached hydrogen (secondary N) is 2. The standard InChI is InChI=1S/C14H16BrN3O2S/c1-3-17-13(19)7(2)18-14(20)12-11(16)9-6-8(15)4-5-10(9)21-12/h4-7H,3,16H2,1-2H3,(H,17,19)(H,18,20). The number of carbonyl (C=O) groups excluding carboxylic acids is 2. The fraction of sp³-hybridized carbons (Fsp3) is 0.286. The summed E-state index contributed by atoms with van der Waals surface area (Å²) in [4.78, 5) is 24.3. The number of fused-ring (bicyclic) bond motifs is 1. The first-order chi connectivity index (χ1) is 9.93. The van der Waals surface area contributed by atoms with Gasteiger partial charge in [0, 0.05) is 21.1 Å². The number of benzene rings is 1. The second-order valence-electron chi connectivity index (χ2n) is 4.58. The van der Waals surface area contributed by atoms with Gasteiger partial charge in [0.15, 0.2) is 0 Å². The number of hydrogen-bond donors (Lipinski definition) is 3. The van der Waals surface area contributed by atoms with Crippen molar-refractivity contribution in [1.29, 1.82) is 0 Å². The molecule has 1 heterocycles. The van der Waals surface area contributed by atoms with Crippen molar-refractivity contribution in [1.82, 2.24) is 10.6 Å². The second kappa shape index (κ2) is 6.44. The van der Waals surface area contributed by atoms with E-state index >= 15 is 0 Å². The topological polar surface area (TPSA) is 84.2 Å². The van der Waals surface area contributed by atoms with Crippen molar-refractivity contribution in [3.8, 4) is 0 Å². The largest absolute Gasteiger partial charge is 0.397 e. The van der Waals surface area contributed by atoms with E-state index in [0.29, 0.717) is 17.1 Å². The molecular formula is C14H16BrN3O2S. The molecule has 21 heavy (non-hydrogen) atoms. The summed E-state index contributed by atoms with van der Waals surface area (Å²) in [5.74, 6) is -0.545. The summed E-state index contributed by atoms with van der Waals surface area (Å²) < 4.78 is 1.84. The van der Waals surface area contributed by atoms with Crippen molar-refractivity contribution in [3.05, 3.63) is 27.5 Å². The highest BCUT2D eigenvalue weighted by molar-refractivity contribution is 9.10. The normalized spacial score (nSPS) is 12.1. The SMILES string of the molecule is CCNC(=O)C(C)NC(=O)c1sc2ccc(Br)cc2c1N. The molecule has 0 radical (unpaired) electrons. The fourth-order valence-corrected chi connectivity index (χ4v) is 3.28. The van der Waals surface area contributed by atoms with Gasteiger partial charge in [-0.15, -0.1) is 11.3 Å². The molecule has 2 amide bonds. The van der Waals surface area contributed by atoms with Crippen molar-refractivity contribution >= 4 is 54.9 Å². The molecule has 7 heteroatoms. The number of likely N-dealkylation sites (N-methyl/N-ethyl adjacent to an activating group) is 1. The number of nitrogen functional groups attached to an aromatic ring is 1. The van der Waals surface area contributed by atoms with Gasteiger partial charge in [0.25, 0.3) is 5.91 Å². The quantitative estimate of drug-likeness (QED) is 0.773. The Kier molecular flexibility index (Phi) is 4.84.